The van der Waals surface area contributed by atoms with Crippen molar-refractivity contribution in [1.82, 2.24) is 15.5 Å². The van der Waals surface area contributed by atoms with Gasteiger partial charge in [-0.15, -0.1) is 0 Å². The molecule has 0 bridgehead atoms. The number of rotatable bonds is 5. The highest BCUT2D eigenvalue weighted by molar-refractivity contribution is 5.93. The van der Waals surface area contributed by atoms with Gasteiger partial charge in [0.15, 0.2) is 6.10 Å². The van der Waals surface area contributed by atoms with E-state index >= 15 is 0 Å². The number of hydrogen-bond donors (Lipinski definition) is 4. The fourth-order valence-corrected chi connectivity index (χ4v) is 1.57. The first-order valence-corrected chi connectivity index (χ1v) is 5.88. The molecule has 4 N–H and O–H groups in total. The maximum atomic E-state index is 11.7. The largest absolute Gasteiger partial charge is 0.479 e. The molecule has 0 fully saturated rings. The molecule has 104 valence electrons. The molecule has 1 aromatic heterocycles. The number of carbonyl (C=O) groups excluding carboxylic acids is 1. The Hall–Kier alpha value is -2.67. The predicted molar refractivity (Wildman–Crippen MR) is 70.0 cm³/mol. The van der Waals surface area contributed by atoms with E-state index in [-0.39, 0.29) is 12.2 Å². The Morgan fingerprint density at radius 2 is 2.00 bits per heavy atom. The summed E-state index contributed by atoms with van der Waals surface area (Å²) in [6.07, 6.45) is -1.63. The van der Waals surface area contributed by atoms with Crippen LogP contribution < -0.4 is 5.32 Å². The van der Waals surface area contributed by atoms with Crippen molar-refractivity contribution in [2.24, 2.45) is 0 Å². The molecule has 7 heteroatoms. The van der Waals surface area contributed by atoms with Gasteiger partial charge >= 0.3 is 5.97 Å². The molecule has 7 nitrogen and oxygen atoms in total. The molecule has 0 aliphatic heterocycles. The lowest BCUT2D eigenvalue weighted by atomic mass is 10.1. The Kier molecular flexibility index (Phi) is 4.11. The lowest BCUT2D eigenvalue weighted by molar-refractivity contribution is -0.146. The van der Waals surface area contributed by atoms with E-state index in [1.54, 1.807) is 6.07 Å². The second kappa shape index (κ2) is 5.98. The normalized spacial score (nSPS) is 11.8. The van der Waals surface area contributed by atoms with Crippen LogP contribution in [0.5, 0.6) is 0 Å². The topological polar surface area (TPSA) is 115 Å². The monoisotopic (exact) mass is 275 g/mol. The number of carboxylic acid groups (broad SMARTS) is 1. The number of nitrogens with zero attached hydrogens (tertiary/aromatic N) is 1. The quantitative estimate of drug-likeness (QED) is 0.624. The van der Waals surface area contributed by atoms with E-state index in [0.29, 0.717) is 5.69 Å². The number of aliphatic hydroxyl groups excluding tert-OH is 1. The Morgan fingerprint density at radius 3 is 2.65 bits per heavy atom. The van der Waals surface area contributed by atoms with Crippen molar-refractivity contribution >= 4 is 11.9 Å². The fraction of sp³-hybridized carbons (Fsp3) is 0.154. The number of H-pyrrole nitrogens is 1. The van der Waals surface area contributed by atoms with Crippen molar-refractivity contribution in [2.45, 2.75) is 6.10 Å². The summed E-state index contributed by atoms with van der Waals surface area (Å²) in [5.41, 5.74) is 1.66. The minimum absolute atomic E-state index is 0.196. The van der Waals surface area contributed by atoms with E-state index < -0.39 is 18.0 Å². The number of hydrogen-bond acceptors (Lipinski definition) is 4. The summed E-state index contributed by atoms with van der Waals surface area (Å²) in [6, 6.07) is 10.8. The molecule has 0 aliphatic carbocycles. The second-order valence-corrected chi connectivity index (χ2v) is 4.10. The van der Waals surface area contributed by atoms with E-state index in [1.807, 2.05) is 30.3 Å². The van der Waals surface area contributed by atoms with Crippen molar-refractivity contribution in [1.29, 1.82) is 0 Å². The van der Waals surface area contributed by atoms with Crippen molar-refractivity contribution in [3.8, 4) is 11.3 Å². The van der Waals surface area contributed by atoms with Gasteiger partial charge in [-0.1, -0.05) is 30.3 Å². The van der Waals surface area contributed by atoms with Crippen molar-refractivity contribution < 1.29 is 19.8 Å². The number of amides is 1. The van der Waals surface area contributed by atoms with Crippen LogP contribution in [0.3, 0.4) is 0 Å². The number of aliphatic hydroxyl groups is 1. The van der Waals surface area contributed by atoms with E-state index in [1.165, 1.54) is 0 Å². The van der Waals surface area contributed by atoms with E-state index in [9.17, 15) is 9.59 Å². The van der Waals surface area contributed by atoms with Gasteiger partial charge in [0.25, 0.3) is 5.91 Å². The van der Waals surface area contributed by atoms with Gasteiger partial charge in [-0.25, -0.2) is 4.79 Å². The Labute approximate surface area is 114 Å². The Morgan fingerprint density at radius 1 is 1.30 bits per heavy atom. The predicted octanol–water partition coefficient (Wildman–Crippen LogP) is 0.252. The Balaban J connectivity index is 2.02. The highest BCUT2D eigenvalue weighted by Gasteiger charge is 2.16. The number of carboxylic acids is 1. The summed E-state index contributed by atoms with van der Waals surface area (Å²) in [5.74, 6) is -1.92. The Bertz CT molecular complexity index is 609. The van der Waals surface area contributed by atoms with Gasteiger partial charge in [-0.3, -0.25) is 9.89 Å². The second-order valence-electron chi connectivity index (χ2n) is 4.10. The van der Waals surface area contributed by atoms with Gasteiger partial charge in [0.05, 0.1) is 12.2 Å². The minimum atomic E-state index is -1.63. The maximum absolute atomic E-state index is 11.7. The average molecular weight is 275 g/mol. The van der Waals surface area contributed by atoms with E-state index in [0.717, 1.165) is 5.56 Å². The molecule has 0 saturated carbocycles. The zero-order valence-electron chi connectivity index (χ0n) is 10.4. The molecule has 1 heterocycles. The third kappa shape index (κ3) is 3.21. The average Bonchev–Trinajstić information content (AvgIpc) is 2.95. The molecule has 2 aromatic rings. The van der Waals surface area contributed by atoms with Crippen LogP contribution in [0.1, 0.15) is 10.5 Å². The van der Waals surface area contributed by atoms with Crippen LogP contribution in [-0.4, -0.2) is 44.9 Å². The van der Waals surface area contributed by atoms with E-state index in [4.69, 9.17) is 10.2 Å². The first-order valence-electron chi connectivity index (χ1n) is 5.88. The lowest BCUT2D eigenvalue weighted by Crippen LogP contribution is -2.36. The molecule has 20 heavy (non-hydrogen) atoms. The molecule has 0 aliphatic rings. The third-order valence-corrected chi connectivity index (χ3v) is 2.63. The summed E-state index contributed by atoms with van der Waals surface area (Å²) < 4.78 is 0. The number of aliphatic carboxylic acids is 1. The molecule has 1 amide bonds. The number of nitrogens with one attached hydrogen (secondary N) is 2. The summed E-state index contributed by atoms with van der Waals surface area (Å²) in [7, 11) is 0. The van der Waals surface area contributed by atoms with Gasteiger partial charge in [-0.2, -0.15) is 5.10 Å². The van der Waals surface area contributed by atoms with Crippen molar-refractivity contribution in [3.05, 3.63) is 42.1 Å². The van der Waals surface area contributed by atoms with Gasteiger partial charge < -0.3 is 15.5 Å². The fourth-order valence-electron chi connectivity index (χ4n) is 1.57. The number of aromatic amines is 1. The van der Waals surface area contributed by atoms with Crippen LogP contribution in [0.4, 0.5) is 0 Å². The van der Waals surface area contributed by atoms with Crippen LogP contribution in [0.25, 0.3) is 11.3 Å². The van der Waals surface area contributed by atoms with Crippen LogP contribution in [0, 0.1) is 0 Å². The van der Waals surface area contributed by atoms with Crippen molar-refractivity contribution in [2.75, 3.05) is 6.54 Å². The lowest BCUT2D eigenvalue weighted by Gasteiger charge is -2.05. The minimum Gasteiger partial charge on any atom is -0.479 e. The number of benzene rings is 1. The molecule has 0 radical (unpaired) electrons. The van der Waals surface area contributed by atoms with E-state index in [2.05, 4.69) is 15.5 Å². The number of carbonyl (C=O) groups is 2. The van der Waals surface area contributed by atoms with Gasteiger partial charge in [-0.05, 0) is 6.07 Å². The zero-order chi connectivity index (χ0) is 14.5. The third-order valence-electron chi connectivity index (χ3n) is 2.63. The van der Waals surface area contributed by atoms with Gasteiger partial charge in [0, 0.05) is 5.56 Å². The highest BCUT2D eigenvalue weighted by Crippen LogP contribution is 2.16. The van der Waals surface area contributed by atoms with Crippen molar-refractivity contribution in [3.63, 3.8) is 0 Å². The molecule has 2 rings (SSSR count). The molecular weight excluding hydrogens is 262 g/mol. The summed E-state index contributed by atoms with van der Waals surface area (Å²) >= 11 is 0. The van der Waals surface area contributed by atoms with Gasteiger partial charge in [0.2, 0.25) is 0 Å². The first-order chi connectivity index (χ1) is 9.58. The smallest absolute Gasteiger partial charge is 0.334 e. The van der Waals surface area contributed by atoms with Crippen LogP contribution in [0.2, 0.25) is 0 Å². The number of aromatic nitrogens is 2. The maximum Gasteiger partial charge on any atom is 0.334 e. The molecule has 0 spiro atoms. The summed E-state index contributed by atoms with van der Waals surface area (Å²) in [4.78, 5) is 22.1. The molecular formula is C13H13N3O4. The highest BCUT2D eigenvalue weighted by atomic mass is 16.4. The molecule has 1 atom stereocenters. The molecule has 0 unspecified atom stereocenters. The molecule has 0 saturated heterocycles. The van der Waals surface area contributed by atoms with Gasteiger partial charge in [0.1, 0.15) is 5.69 Å². The molecule has 1 aromatic carbocycles. The van der Waals surface area contributed by atoms with Crippen LogP contribution >= 0.6 is 0 Å². The van der Waals surface area contributed by atoms with Crippen LogP contribution in [0.15, 0.2) is 36.4 Å². The SMILES string of the molecule is O=C(NC[C@H](O)C(=O)O)c1cc(-c2ccccc2)n[nH]1. The van der Waals surface area contributed by atoms with Crippen LogP contribution in [-0.2, 0) is 4.79 Å². The first kappa shape index (κ1) is 13.8. The standard InChI is InChI=1S/C13H13N3O4/c17-11(13(19)20)7-14-12(18)10-6-9(15-16-10)8-4-2-1-3-5-8/h1-6,11,17H,7H2,(H,14,18)(H,15,16)(H,19,20)/t11-/m0/s1. The summed E-state index contributed by atoms with van der Waals surface area (Å²) in [5, 5.41) is 26.4. The zero-order valence-corrected chi connectivity index (χ0v) is 10.4. The summed E-state index contributed by atoms with van der Waals surface area (Å²) in [6.45, 7) is -0.367.